The summed E-state index contributed by atoms with van der Waals surface area (Å²) >= 11 is 0. The molecule has 0 saturated heterocycles. The number of allylic oxidation sites excluding steroid dienone is 11. The van der Waals surface area contributed by atoms with E-state index in [9.17, 15) is 24.5 Å². The van der Waals surface area contributed by atoms with Gasteiger partial charge in [-0.05, 0) is 76.7 Å². The Kier molecular flexibility index (Phi) is 38.3. The number of phosphoric acid groups is 1. The van der Waals surface area contributed by atoms with Gasteiger partial charge in [-0.25, -0.2) is 4.57 Å². The fourth-order valence-corrected chi connectivity index (χ4v) is 5.83. The van der Waals surface area contributed by atoms with Gasteiger partial charge >= 0.3 is 13.8 Å². The third-order valence-electron chi connectivity index (χ3n) is 8.25. The zero-order valence-corrected chi connectivity index (χ0v) is 35.4. The van der Waals surface area contributed by atoms with Gasteiger partial charge in [0, 0.05) is 13.0 Å². The van der Waals surface area contributed by atoms with Crippen LogP contribution in [0.1, 0.15) is 136 Å². The van der Waals surface area contributed by atoms with Crippen molar-refractivity contribution in [3.8, 4) is 0 Å². The molecule has 0 aliphatic rings. The third kappa shape index (κ3) is 39.4. The number of esters is 1. The summed E-state index contributed by atoms with van der Waals surface area (Å²) in [6.45, 7) is 3.76. The van der Waals surface area contributed by atoms with E-state index in [-0.39, 0.29) is 32.8 Å². The van der Waals surface area contributed by atoms with Gasteiger partial charge in [-0.15, -0.1) is 0 Å². The highest BCUT2D eigenvalue weighted by Crippen LogP contribution is 2.43. The quantitative estimate of drug-likeness (QED) is 0.0118. The molecule has 0 heterocycles. The normalized spacial score (nSPS) is 15.5. The molecule has 0 spiro atoms. The fraction of sp³-hybridized carbons (Fsp3) is 0.622. The highest BCUT2D eigenvalue weighted by atomic mass is 31.2. The second-order valence-corrected chi connectivity index (χ2v) is 15.0. The molecule has 0 aromatic carbocycles. The smallest absolute Gasteiger partial charge is 0.472 e. The molecule has 0 bridgehead atoms. The summed E-state index contributed by atoms with van der Waals surface area (Å²) in [6.07, 6.45) is 47.4. The van der Waals surface area contributed by atoms with Crippen molar-refractivity contribution < 1.29 is 43.0 Å². The van der Waals surface area contributed by atoms with Gasteiger partial charge in [-0.3, -0.25) is 13.8 Å². The minimum Gasteiger partial charge on any atom is -0.492 e. The van der Waals surface area contributed by atoms with Gasteiger partial charge in [0.2, 0.25) is 0 Å². The first-order valence-corrected chi connectivity index (χ1v) is 22.5. The largest absolute Gasteiger partial charge is 0.492 e. The Bertz CT molecular complexity index is 1210. The van der Waals surface area contributed by atoms with E-state index in [1.807, 2.05) is 54.7 Å². The molecular formula is C45H76NO9P. The fourth-order valence-electron chi connectivity index (χ4n) is 5.07. The van der Waals surface area contributed by atoms with Crippen molar-refractivity contribution in [3.63, 3.8) is 0 Å². The van der Waals surface area contributed by atoms with Crippen LogP contribution in [0.25, 0.3) is 0 Å². The monoisotopic (exact) mass is 806 g/mol. The van der Waals surface area contributed by atoms with Crippen LogP contribution < -0.4 is 5.73 Å². The van der Waals surface area contributed by atoms with Crippen LogP contribution in [0.15, 0.2) is 97.4 Å². The number of carbonyl (C=O) groups is 1. The van der Waals surface area contributed by atoms with Crippen LogP contribution in [0.4, 0.5) is 0 Å². The van der Waals surface area contributed by atoms with E-state index in [1.54, 1.807) is 24.3 Å². The molecule has 0 radical (unpaired) electrons. The predicted octanol–water partition coefficient (Wildman–Crippen LogP) is 10.6. The lowest BCUT2D eigenvalue weighted by atomic mass is 10.1. The Hall–Kier alpha value is -2.82. The lowest BCUT2D eigenvalue weighted by Crippen LogP contribution is -2.25. The number of aliphatic hydroxyl groups excluding tert-OH is 2. The molecule has 0 fully saturated rings. The summed E-state index contributed by atoms with van der Waals surface area (Å²) in [4.78, 5) is 22.3. The molecule has 320 valence electrons. The van der Waals surface area contributed by atoms with E-state index < -0.39 is 32.1 Å². The Morgan fingerprint density at radius 1 is 0.679 bits per heavy atom. The number of ether oxygens (including phenoxy) is 2. The van der Waals surface area contributed by atoms with E-state index in [4.69, 9.17) is 24.3 Å². The lowest BCUT2D eigenvalue weighted by molar-refractivity contribution is -0.147. The molecule has 0 amide bonds. The number of hydrogen-bond donors (Lipinski definition) is 4. The summed E-state index contributed by atoms with van der Waals surface area (Å²) in [7, 11) is -4.32. The van der Waals surface area contributed by atoms with Crippen molar-refractivity contribution in [2.45, 2.75) is 154 Å². The van der Waals surface area contributed by atoms with E-state index in [1.165, 1.54) is 70.5 Å². The van der Waals surface area contributed by atoms with Crippen molar-refractivity contribution in [2.24, 2.45) is 5.73 Å². The van der Waals surface area contributed by atoms with Crippen molar-refractivity contribution in [3.05, 3.63) is 97.4 Å². The van der Waals surface area contributed by atoms with Crippen LogP contribution in [0.5, 0.6) is 0 Å². The highest BCUT2D eigenvalue weighted by molar-refractivity contribution is 7.47. The van der Waals surface area contributed by atoms with E-state index >= 15 is 0 Å². The number of carbonyl (C=O) groups excluding carboxylic acids is 1. The van der Waals surface area contributed by atoms with Crippen LogP contribution in [-0.2, 0) is 27.9 Å². The summed E-state index contributed by atoms with van der Waals surface area (Å²) < 4.78 is 33.0. The van der Waals surface area contributed by atoms with Crippen LogP contribution >= 0.6 is 7.82 Å². The van der Waals surface area contributed by atoms with Gasteiger partial charge in [-0.1, -0.05) is 144 Å². The van der Waals surface area contributed by atoms with Crippen LogP contribution in [0.3, 0.4) is 0 Å². The van der Waals surface area contributed by atoms with Gasteiger partial charge in [-0.2, -0.15) is 0 Å². The van der Waals surface area contributed by atoms with E-state index in [2.05, 4.69) is 26.0 Å². The molecule has 11 heteroatoms. The average molecular weight is 806 g/mol. The first-order valence-electron chi connectivity index (χ1n) is 21.0. The standard InChI is InChI=1S/C45H76NO9P/c1-3-5-7-8-9-10-11-12-13-14-15-16-17-21-24-31-38-52-44(41-55-56(50,51)54-39-37-46)40-53-45(49)36-30-25-29-35-43(48)34-28-23-20-18-19-22-27-33-42(47)32-26-6-4-2/h6,10-11,19-20,22-23,26-29,31,33-35,38,42-44,47-48H,3-5,7-9,12-18,21,24-25,30,32,36-37,39-41,46H2,1-2H3,(H,50,51)/b11-10-,22-19-,23-20-,26-6-,33-27+,34-28+,35-29-,38-31+/t42-,43-,44-/m1/s1. The molecular weight excluding hydrogens is 729 g/mol. The number of unbranched alkanes of at least 4 members (excludes halogenated alkanes) is 12. The van der Waals surface area contributed by atoms with Crippen molar-refractivity contribution in [1.29, 1.82) is 0 Å². The van der Waals surface area contributed by atoms with Gasteiger partial charge in [0.25, 0.3) is 0 Å². The minimum atomic E-state index is -4.32. The Morgan fingerprint density at radius 3 is 1.96 bits per heavy atom. The summed E-state index contributed by atoms with van der Waals surface area (Å²) in [5, 5.41) is 20.0. The summed E-state index contributed by atoms with van der Waals surface area (Å²) in [5.74, 6) is -0.434. The van der Waals surface area contributed by atoms with E-state index in [0.29, 0.717) is 19.3 Å². The van der Waals surface area contributed by atoms with E-state index in [0.717, 1.165) is 32.1 Å². The second-order valence-electron chi connectivity index (χ2n) is 13.6. The highest BCUT2D eigenvalue weighted by Gasteiger charge is 2.24. The number of nitrogens with two attached hydrogens (primary N) is 1. The zero-order valence-electron chi connectivity index (χ0n) is 34.5. The third-order valence-corrected chi connectivity index (χ3v) is 9.23. The maximum atomic E-state index is 12.4. The van der Waals surface area contributed by atoms with Crippen LogP contribution in [0, 0.1) is 0 Å². The molecule has 4 atom stereocenters. The molecule has 0 aliphatic heterocycles. The van der Waals surface area contributed by atoms with Crippen molar-refractivity contribution in [2.75, 3.05) is 26.4 Å². The molecule has 5 N–H and O–H groups in total. The number of hydrogen-bond acceptors (Lipinski definition) is 9. The summed E-state index contributed by atoms with van der Waals surface area (Å²) in [6, 6.07) is 0. The van der Waals surface area contributed by atoms with Gasteiger partial charge in [0.05, 0.1) is 31.7 Å². The predicted molar refractivity (Wildman–Crippen MR) is 231 cm³/mol. The number of aliphatic hydroxyl groups is 2. The van der Waals surface area contributed by atoms with Crippen molar-refractivity contribution in [1.82, 2.24) is 0 Å². The molecule has 0 aromatic heterocycles. The molecule has 10 nitrogen and oxygen atoms in total. The molecule has 0 aliphatic carbocycles. The van der Waals surface area contributed by atoms with Crippen LogP contribution in [0.2, 0.25) is 0 Å². The first kappa shape index (κ1) is 53.2. The molecule has 1 unspecified atom stereocenters. The first-order chi connectivity index (χ1) is 27.2. The van der Waals surface area contributed by atoms with Crippen LogP contribution in [-0.4, -0.2) is 65.8 Å². The van der Waals surface area contributed by atoms with Gasteiger partial charge in [0.15, 0.2) is 6.10 Å². The Morgan fingerprint density at radius 2 is 1.30 bits per heavy atom. The second kappa shape index (κ2) is 40.4. The molecule has 56 heavy (non-hydrogen) atoms. The molecule has 0 saturated carbocycles. The van der Waals surface area contributed by atoms with Crippen molar-refractivity contribution >= 4 is 13.8 Å². The zero-order chi connectivity index (χ0) is 41.2. The molecule has 0 aromatic rings. The minimum absolute atomic E-state index is 0.0650. The topological polar surface area (TPSA) is 158 Å². The summed E-state index contributed by atoms with van der Waals surface area (Å²) in [5.41, 5.74) is 5.35. The SMILES string of the molecule is CC/C=C\C[C@@H](O)/C=C/C=C\C/C=C\C=C\[C@@H](O)/C=C\CCCC(=O)OC[C@H](COP(=O)(O)OCCN)O/C=C/CCCCCCCC/C=C\CCCCCC. The van der Waals surface area contributed by atoms with Gasteiger partial charge < -0.3 is 30.3 Å². The lowest BCUT2D eigenvalue weighted by Gasteiger charge is -2.19. The van der Waals surface area contributed by atoms with Gasteiger partial charge in [0.1, 0.15) is 6.61 Å². The number of rotatable bonds is 38. The Balaban J connectivity index is 4.39. The maximum absolute atomic E-state index is 12.4. The Labute approximate surface area is 339 Å². The molecule has 0 rings (SSSR count). The maximum Gasteiger partial charge on any atom is 0.472 e. The number of phosphoric ester groups is 1. The average Bonchev–Trinajstić information content (AvgIpc) is 3.18.